The van der Waals surface area contributed by atoms with E-state index in [1.165, 1.54) is 0 Å². The second-order valence-corrected chi connectivity index (χ2v) is 7.28. The lowest BCUT2D eigenvalue weighted by molar-refractivity contribution is 0.0200. The molecule has 0 N–H and O–H groups in total. The molecule has 2 rings (SSSR count). The Morgan fingerprint density at radius 3 is 1.64 bits per heavy atom. The van der Waals surface area contributed by atoms with Crippen LogP contribution in [0.15, 0.2) is 0 Å². The Hall–Kier alpha value is 0.620. The van der Waals surface area contributed by atoms with E-state index in [1.807, 2.05) is 23.5 Å². The van der Waals surface area contributed by atoms with Crippen molar-refractivity contribution >= 4 is 23.5 Å². The van der Waals surface area contributed by atoms with Crippen molar-refractivity contribution in [1.29, 1.82) is 0 Å². The summed E-state index contributed by atoms with van der Waals surface area (Å²) in [4.78, 5) is 0.102. The van der Waals surface area contributed by atoms with E-state index in [0.29, 0.717) is 0 Å². The Labute approximate surface area is 94.5 Å². The van der Waals surface area contributed by atoms with Gasteiger partial charge in [-0.2, -0.15) is 0 Å². The third kappa shape index (κ3) is 2.60. The zero-order valence-electron chi connectivity index (χ0n) is 8.88. The molecule has 2 aliphatic rings. The average Bonchev–Trinajstić information content (AvgIpc) is 2.74. The van der Waals surface area contributed by atoms with Crippen molar-refractivity contribution in [3.05, 3.63) is 0 Å². The lowest BCUT2D eigenvalue weighted by Crippen LogP contribution is -2.26. The molecule has 2 nitrogen and oxygen atoms in total. The van der Waals surface area contributed by atoms with Gasteiger partial charge in [0.05, 0.1) is 13.2 Å². The van der Waals surface area contributed by atoms with Crippen LogP contribution < -0.4 is 0 Å². The van der Waals surface area contributed by atoms with Crippen molar-refractivity contribution in [2.75, 3.05) is 24.7 Å². The second-order valence-electron chi connectivity index (χ2n) is 4.16. The van der Waals surface area contributed by atoms with E-state index in [0.717, 1.165) is 37.6 Å². The standard InChI is InChI=1S/C10H18O2S2/c1-9(11-5-7-13-9)3-4-10(2)12-6-8-14-10/h3-8H2,1-2H3. The van der Waals surface area contributed by atoms with Crippen LogP contribution in [-0.4, -0.2) is 34.6 Å². The molecule has 0 radical (unpaired) electrons. The quantitative estimate of drug-likeness (QED) is 0.747. The molecule has 82 valence electrons. The van der Waals surface area contributed by atoms with Gasteiger partial charge in [-0.3, -0.25) is 0 Å². The predicted molar refractivity (Wildman–Crippen MR) is 62.9 cm³/mol. The highest BCUT2D eigenvalue weighted by atomic mass is 32.2. The van der Waals surface area contributed by atoms with Crippen LogP contribution in [0, 0.1) is 0 Å². The summed E-state index contributed by atoms with van der Waals surface area (Å²) in [5.41, 5.74) is 0. The molecule has 2 saturated heterocycles. The summed E-state index contributed by atoms with van der Waals surface area (Å²) in [6.07, 6.45) is 2.20. The molecule has 0 aromatic carbocycles. The molecular formula is C10H18O2S2. The van der Waals surface area contributed by atoms with E-state index < -0.39 is 0 Å². The smallest absolute Gasteiger partial charge is 0.111 e. The largest absolute Gasteiger partial charge is 0.364 e. The van der Waals surface area contributed by atoms with Crippen molar-refractivity contribution in [1.82, 2.24) is 0 Å². The van der Waals surface area contributed by atoms with Gasteiger partial charge >= 0.3 is 0 Å². The fourth-order valence-electron chi connectivity index (χ4n) is 1.86. The van der Waals surface area contributed by atoms with Crippen LogP contribution >= 0.6 is 23.5 Å². The third-order valence-electron chi connectivity index (χ3n) is 2.83. The van der Waals surface area contributed by atoms with Crippen molar-refractivity contribution < 1.29 is 9.47 Å². The topological polar surface area (TPSA) is 18.5 Å². The number of thioether (sulfide) groups is 2. The summed E-state index contributed by atoms with van der Waals surface area (Å²) in [5, 5.41) is 0. The summed E-state index contributed by atoms with van der Waals surface area (Å²) in [6, 6.07) is 0. The van der Waals surface area contributed by atoms with Crippen LogP contribution in [0.3, 0.4) is 0 Å². The van der Waals surface area contributed by atoms with E-state index in [4.69, 9.17) is 9.47 Å². The van der Waals surface area contributed by atoms with Gasteiger partial charge in [-0.05, 0) is 26.7 Å². The van der Waals surface area contributed by atoms with Crippen molar-refractivity contribution in [2.45, 2.75) is 36.6 Å². The highest BCUT2D eigenvalue weighted by Crippen LogP contribution is 2.42. The Morgan fingerprint density at radius 1 is 0.929 bits per heavy atom. The molecule has 0 saturated carbocycles. The maximum Gasteiger partial charge on any atom is 0.111 e. The zero-order valence-corrected chi connectivity index (χ0v) is 10.5. The first-order valence-corrected chi connectivity index (χ1v) is 7.15. The van der Waals surface area contributed by atoms with Crippen LogP contribution in [0.4, 0.5) is 0 Å². The molecule has 2 aliphatic heterocycles. The first kappa shape index (κ1) is 11.1. The van der Waals surface area contributed by atoms with Gasteiger partial charge in [0.25, 0.3) is 0 Å². The highest BCUT2D eigenvalue weighted by molar-refractivity contribution is 8.01. The summed E-state index contributed by atoms with van der Waals surface area (Å²) in [7, 11) is 0. The lowest BCUT2D eigenvalue weighted by atomic mass is 10.1. The molecule has 0 bridgehead atoms. The van der Waals surface area contributed by atoms with Gasteiger partial charge in [0.2, 0.25) is 0 Å². The van der Waals surface area contributed by atoms with E-state index in [2.05, 4.69) is 13.8 Å². The summed E-state index contributed by atoms with van der Waals surface area (Å²) >= 11 is 3.88. The van der Waals surface area contributed by atoms with Gasteiger partial charge in [0.15, 0.2) is 0 Å². The fraction of sp³-hybridized carbons (Fsp3) is 1.00. The van der Waals surface area contributed by atoms with Crippen molar-refractivity contribution in [3.63, 3.8) is 0 Å². The summed E-state index contributed by atoms with van der Waals surface area (Å²) in [5.74, 6) is 2.28. The van der Waals surface area contributed by atoms with E-state index >= 15 is 0 Å². The van der Waals surface area contributed by atoms with Gasteiger partial charge in [-0.1, -0.05) is 0 Å². The summed E-state index contributed by atoms with van der Waals surface area (Å²) in [6.45, 7) is 6.22. The molecule has 0 spiro atoms. The SMILES string of the molecule is CC1(CCC2(C)OCCS2)OCCS1. The maximum atomic E-state index is 5.74. The number of hydrogen-bond acceptors (Lipinski definition) is 4. The minimum Gasteiger partial charge on any atom is -0.364 e. The Bertz CT molecular complexity index is 174. The van der Waals surface area contributed by atoms with Crippen LogP contribution in [-0.2, 0) is 9.47 Å². The molecule has 0 aromatic heterocycles. The summed E-state index contributed by atoms with van der Waals surface area (Å²) < 4.78 is 11.5. The first-order valence-electron chi connectivity index (χ1n) is 5.18. The molecule has 4 heteroatoms. The van der Waals surface area contributed by atoms with E-state index in [-0.39, 0.29) is 9.87 Å². The minimum absolute atomic E-state index is 0.0511. The van der Waals surface area contributed by atoms with E-state index in [1.54, 1.807) is 0 Å². The molecular weight excluding hydrogens is 216 g/mol. The molecule has 2 unspecified atom stereocenters. The molecule has 0 amide bonds. The van der Waals surface area contributed by atoms with Gasteiger partial charge in [-0.25, -0.2) is 0 Å². The van der Waals surface area contributed by atoms with Crippen molar-refractivity contribution in [2.24, 2.45) is 0 Å². The molecule has 2 heterocycles. The average molecular weight is 234 g/mol. The van der Waals surface area contributed by atoms with Crippen LogP contribution in [0.25, 0.3) is 0 Å². The first-order chi connectivity index (χ1) is 6.62. The second kappa shape index (κ2) is 4.24. The zero-order chi connectivity index (χ0) is 10.1. The maximum absolute atomic E-state index is 5.74. The van der Waals surface area contributed by atoms with Gasteiger partial charge < -0.3 is 9.47 Å². The lowest BCUT2D eigenvalue weighted by Gasteiger charge is -2.28. The van der Waals surface area contributed by atoms with Gasteiger partial charge in [0.1, 0.15) is 9.87 Å². The molecule has 0 aromatic rings. The minimum atomic E-state index is 0.0511. The number of hydrogen-bond donors (Lipinski definition) is 0. The normalized spacial score (nSPS) is 43.3. The molecule has 2 atom stereocenters. The van der Waals surface area contributed by atoms with Gasteiger partial charge in [-0.15, -0.1) is 23.5 Å². The van der Waals surface area contributed by atoms with Gasteiger partial charge in [0, 0.05) is 11.5 Å². The Balaban J connectivity index is 1.80. The fourth-order valence-corrected chi connectivity index (χ4v) is 3.88. The Morgan fingerprint density at radius 2 is 1.36 bits per heavy atom. The predicted octanol–water partition coefficient (Wildman–Crippen LogP) is 2.73. The van der Waals surface area contributed by atoms with Crippen molar-refractivity contribution in [3.8, 4) is 0 Å². The van der Waals surface area contributed by atoms with E-state index in [9.17, 15) is 0 Å². The highest BCUT2D eigenvalue weighted by Gasteiger charge is 2.36. The van der Waals surface area contributed by atoms with Crippen LogP contribution in [0.1, 0.15) is 26.7 Å². The number of ether oxygens (including phenoxy) is 2. The van der Waals surface area contributed by atoms with Crippen LogP contribution in [0.2, 0.25) is 0 Å². The van der Waals surface area contributed by atoms with Crippen LogP contribution in [0.5, 0.6) is 0 Å². The third-order valence-corrected chi connectivity index (χ3v) is 5.44. The monoisotopic (exact) mass is 234 g/mol. The Kier molecular flexibility index (Phi) is 3.37. The molecule has 2 fully saturated rings. The number of rotatable bonds is 3. The molecule has 0 aliphatic carbocycles. The molecule has 14 heavy (non-hydrogen) atoms.